The highest BCUT2D eigenvalue weighted by Crippen LogP contribution is 2.11. The van der Waals surface area contributed by atoms with Gasteiger partial charge in [0, 0.05) is 12.6 Å². The molecule has 0 unspecified atom stereocenters. The van der Waals surface area contributed by atoms with Gasteiger partial charge in [-0.2, -0.15) is 0 Å². The molecule has 0 aliphatic heterocycles. The topological polar surface area (TPSA) is 72.2 Å². The molecule has 0 aliphatic carbocycles. The van der Waals surface area contributed by atoms with E-state index < -0.39 is 10.0 Å². The Bertz CT molecular complexity index is 426. The molecule has 0 spiro atoms. The molecule has 16 heavy (non-hydrogen) atoms. The van der Waals surface area contributed by atoms with Crippen molar-refractivity contribution in [1.29, 1.82) is 0 Å². The van der Waals surface area contributed by atoms with Crippen LogP contribution >= 0.6 is 0 Å². The number of benzene rings is 1. The first-order valence-electron chi connectivity index (χ1n) is 5.31. The van der Waals surface area contributed by atoms with Crippen LogP contribution in [0.3, 0.4) is 0 Å². The van der Waals surface area contributed by atoms with Crippen molar-refractivity contribution in [1.82, 2.24) is 4.72 Å². The first-order chi connectivity index (χ1) is 7.49. The Morgan fingerprint density at radius 3 is 2.31 bits per heavy atom. The van der Waals surface area contributed by atoms with Crippen molar-refractivity contribution in [3.8, 4) is 0 Å². The smallest absolute Gasteiger partial charge is 0.240 e. The van der Waals surface area contributed by atoms with Gasteiger partial charge in [-0.25, -0.2) is 13.1 Å². The summed E-state index contributed by atoms with van der Waals surface area (Å²) in [6, 6.07) is 6.62. The van der Waals surface area contributed by atoms with E-state index in [9.17, 15) is 8.42 Å². The fourth-order valence-corrected chi connectivity index (χ4v) is 2.54. The van der Waals surface area contributed by atoms with Crippen LogP contribution in [0.4, 0.5) is 0 Å². The quantitative estimate of drug-likeness (QED) is 0.805. The summed E-state index contributed by atoms with van der Waals surface area (Å²) in [5, 5.41) is 0. The Hall–Kier alpha value is -0.910. The molecule has 4 nitrogen and oxygen atoms in total. The first kappa shape index (κ1) is 13.2. The maximum atomic E-state index is 11.8. The van der Waals surface area contributed by atoms with Crippen LogP contribution in [0.2, 0.25) is 0 Å². The van der Waals surface area contributed by atoms with Gasteiger partial charge in [-0.15, -0.1) is 0 Å². The van der Waals surface area contributed by atoms with E-state index in [1.807, 2.05) is 19.1 Å². The van der Waals surface area contributed by atoms with Gasteiger partial charge in [0.25, 0.3) is 0 Å². The van der Waals surface area contributed by atoms with Gasteiger partial charge in [0.15, 0.2) is 0 Å². The number of sulfonamides is 1. The molecule has 0 aromatic heterocycles. The predicted octanol–water partition coefficient (Wildman–Crippen LogP) is 0.874. The van der Waals surface area contributed by atoms with E-state index in [0.29, 0.717) is 0 Å². The fourth-order valence-electron chi connectivity index (χ4n) is 1.29. The third kappa shape index (κ3) is 3.30. The maximum Gasteiger partial charge on any atom is 0.240 e. The SMILES string of the molecule is CCc1ccc(S(=O)(=O)N[C@H](C)CN)cc1. The summed E-state index contributed by atoms with van der Waals surface area (Å²) in [6.45, 7) is 4.04. The van der Waals surface area contributed by atoms with Gasteiger partial charge >= 0.3 is 0 Å². The van der Waals surface area contributed by atoms with Gasteiger partial charge in [-0.3, -0.25) is 0 Å². The second-order valence-corrected chi connectivity index (χ2v) is 5.47. The average molecular weight is 242 g/mol. The van der Waals surface area contributed by atoms with Crippen molar-refractivity contribution in [2.75, 3.05) is 6.54 Å². The number of hydrogen-bond donors (Lipinski definition) is 2. The van der Waals surface area contributed by atoms with Gasteiger partial charge in [-0.1, -0.05) is 19.1 Å². The molecule has 0 amide bonds. The zero-order valence-corrected chi connectivity index (χ0v) is 10.4. The lowest BCUT2D eigenvalue weighted by molar-refractivity contribution is 0.562. The molecule has 1 aromatic rings. The summed E-state index contributed by atoms with van der Waals surface area (Å²) >= 11 is 0. The van der Waals surface area contributed by atoms with E-state index in [4.69, 9.17) is 5.73 Å². The third-order valence-corrected chi connectivity index (χ3v) is 3.96. The molecular weight excluding hydrogens is 224 g/mol. The molecule has 0 aliphatic rings. The van der Waals surface area contributed by atoms with E-state index in [-0.39, 0.29) is 17.5 Å². The van der Waals surface area contributed by atoms with Crippen molar-refractivity contribution in [2.45, 2.75) is 31.2 Å². The lowest BCUT2D eigenvalue weighted by atomic mass is 10.2. The highest BCUT2D eigenvalue weighted by Gasteiger charge is 2.15. The van der Waals surface area contributed by atoms with E-state index >= 15 is 0 Å². The zero-order chi connectivity index (χ0) is 12.2. The Balaban J connectivity index is 2.90. The maximum absolute atomic E-state index is 11.8. The minimum atomic E-state index is -3.43. The van der Waals surface area contributed by atoms with Crippen LogP contribution < -0.4 is 10.5 Å². The third-order valence-electron chi connectivity index (χ3n) is 2.35. The Labute approximate surface area is 96.9 Å². The van der Waals surface area contributed by atoms with E-state index in [1.165, 1.54) is 0 Å². The minimum absolute atomic E-state index is 0.254. The van der Waals surface area contributed by atoms with Crippen molar-refractivity contribution in [3.05, 3.63) is 29.8 Å². The zero-order valence-electron chi connectivity index (χ0n) is 9.60. The molecule has 1 aromatic carbocycles. The molecule has 0 saturated heterocycles. The standard InChI is InChI=1S/C11H18N2O2S/c1-3-10-4-6-11(7-5-10)16(14,15)13-9(2)8-12/h4-7,9,13H,3,8,12H2,1-2H3/t9-/m1/s1. The second-order valence-electron chi connectivity index (χ2n) is 3.76. The van der Waals surface area contributed by atoms with Crippen molar-refractivity contribution < 1.29 is 8.42 Å². The largest absolute Gasteiger partial charge is 0.329 e. The summed E-state index contributed by atoms with van der Waals surface area (Å²) in [4.78, 5) is 0.282. The average Bonchev–Trinajstić information content (AvgIpc) is 2.28. The van der Waals surface area contributed by atoms with Crippen molar-refractivity contribution >= 4 is 10.0 Å². The Kier molecular flexibility index (Phi) is 4.46. The van der Waals surface area contributed by atoms with Crippen LogP contribution in [0.1, 0.15) is 19.4 Å². The van der Waals surface area contributed by atoms with Crippen molar-refractivity contribution in [3.63, 3.8) is 0 Å². The lowest BCUT2D eigenvalue weighted by Crippen LogP contribution is -2.37. The molecule has 1 atom stereocenters. The summed E-state index contributed by atoms with van der Waals surface area (Å²) in [7, 11) is -3.43. The molecule has 5 heteroatoms. The molecule has 0 saturated carbocycles. The highest BCUT2D eigenvalue weighted by atomic mass is 32.2. The number of nitrogens with two attached hydrogens (primary N) is 1. The van der Waals surface area contributed by atoms with Crippen molar-refractivity contribution in [2.24, 2.45) is 5.73 Å². The van der Waals surface area contributed by atoms with Gasteiger partial charge < -0.3 is 5.73 Å². The molecular formula is C11H18N2O2S. The number of rotatable bonds is 5. The van der Waals surface area contributed by atoms with Gasteiger partial charge in [-0.05, 0) is 31.0 Å². The lowest BCUT2D eigenvalue weighted by Gasteiger charge is -2.12. The summed E-state index contributed by atoms with van der Waals surface area (Å²) in [5.41, 5.74) is 6.49. The molecule has 1 rings (SSSR count). The van der Waals surface area contributed by atoms with Crippen LogP contribution in [-0.2, 0) is 16.4 Å². The molecule has 0 radical (unpaired) electrons. The Morgan fingerprint density at radius 2 is 1.88 bits per heavy atom. The van der Waals surface area contributed by atoms with E-state index in [0.717, 1.165) is 12.0 Å². The monoisotopic (exact) mass is 242 g/mol. The molecule has 0 fully saturated rings. The van der Waals surface area contributed by atoms with E-state index in [1.54, 1.807) is 19.1 Å². The summed E-state index contributed by atoms with van der Waals surface area (Å²) < 4.78 is 26.2. The summed E-state index contributed by atoms with van der Waals surface area (Å²) in [5.74, 6) is 0. The normalized spacial score (nSPS) is 13.7. The minimum Gasteiger partial charge on any atom is -0.329 e. The highest BCUT2D eigenvalue weighted by molar-refractivity contribution is 7.89. The van der Waals surface area contributed by atoms with Gasteiger partial charge in [0.05, 0.1) is 4.90 Å². The van der Waals surface area contributed by atoms with E-state index in [2.05, 4.69) is 4.72 Å². The van der Waals surface area contributed by atoms with Crippen LogP contribution in [0.5, 0.6) is 0 Å². The number of aryl methyl sites for hydroxylation is 1. The van der Waals surface area contributed by atoms with Crippen LogP contribution in [0.25, 0.3) is 0 Å². The first-order valence-corrected chi connectivity index (χ1v) is 6.79. The molecule has 0 bridgehead atoms. The number of hydrogen-bond acceptors (Lipinski definition) is 3. The van der Waals surface area contributed by atoms with Gasteiger partial charge in [0.1, 0.15) is 0 Å². The fraction of sp³-hybridized carbons (Fsp3) is 0.455. The van der Waals surface area contributed by atoms with Crippen LogP contribution in [-0.4, -0.2) is 21.0 Å². The summed E-state index contributed by atoms with van der Waals surface area (Å²) in [6.07, 6.45) is 0.896. The van der Waals surface area contributed by atoms with Crippen LogP contribution in [0, 0.1) is 0 Å². The second kappa shape index (κ2) is 5.43. The Morgan fingerprint density at radius 1 is 1.31 bits per heavy atom. The van der Waals surface area contributed by atoms with Crippen LogP contribution in [0.15, 0.2) is 29.2 Å². The van der Waals surface area contributed by atoms with Gasteiger partial charge in [0.2, 0.25) is 10.0 Å². The predicted molar refractivity (Wildman–Crippen MR) is 64.7 cm³/mol. The molecule has 3 N–H and O–H groups in total. The molecule has 90 valence electrons. The number of nitrogens with one attached hydrogen (secondary N) is 1. The molecule has 0 heterocycles.